The lowest BCUT2D eigenvalue weighted by atomic mass is 9.90. The van der Waals surface area contributed by atoms with Crippen LogP contribution in [0.2, 0.25) is 39.3 Å². The molecule has 0 radical (unpaired) electrons. The van der Waals surface area contributed by atoms with Crippen molar-refractivity contribution in [3.63, 3.8) is 0 Å². The predicted molar refractivity (Wildman–Crippen MR) is 108 cm³/mol. The van der Waals surface area contributed by atoms with E-state index in [4.69, 9.17) is 8.85 Å². The summed E-state index contributed by atoms with van der Waals surface area (Å²) >= 11 is 0. The summed E-state index contributed by atoms with van der Waals surface area (Å²) in [7, 11) is -3.35. The Morgan fingerprint density at radius 1 is 0.792 bits per heavy atom. The van der Waals surface area contributed by atoms with Crippen molar-refractivity contribution in [1.82, 2.24) is 0 Å². The molecule has 0 saturated heterocycles. The minimum Gasteiger partial charge on any atom is -0.408 e. The van der Waals surface area contributed by atoms with Gasteiger partial charge in [0, 0.05) is 0 Å². The molecule has 0 N–H and O–H groups in total. The van der Waals surface area contributed by atoms with Crippen molar-refractivity contribution >= 4 is 33.5 Å². The van der Waals surface area contributed by atoms with Crippen LogP contribution in [0.1, 0.15) is 17.2 Å². The number of fused-ring (bicyclic) bond motifs is 2. The highest BCUT2D eigenvalue weighted by Gasteiger charge is 2.34. The molecule has 0 saturated carbocycles. The number of benzene rings is 2. The van der Waals surface area contributed by atoms with Gasteiger partial charge in [0.05, 0.1) is 12.2 Å². The third kappa shape index (κ3) is 4.06. The van der Waals surface area contributed by atoms with Gasteiger partial charge in [-0.25, -0.2) is 0 Å². The third-order valence-corrected chi connectivity index (χ3v) is 5.93. The monoisotopic (exact) mass is 356 g/mol. The van der Waals surface area contributed by atoms with Crippen LogP contribution in [0.25, 0.3) is 16.8 Å². The molecule has 4 heteroatoms. The molecule has 2 atom stereocenters. The van der Waals surface area contributed by atoms with Crippen molar-refractivity contribution in [2.75, 3.05) is 0 Å². The lowest BCUT2D eigenvalue weighted by Gasteiger charge is -2.37. The van der Waals surface area contributed by atoms with E-state index < -0.39 is 16.6 Å². The first-order valence-corrected chi connectivity index (χ1v) is 15.5. The molecule has 128 valence electrons. The van der Waals surface area contributed by atoms with E-state index in [9.17, 15) is 0 Å². The fourth-order valence-corrected chi connectivity index (χ4v) is 5.20. The van der Waals surface area contributed by atoms with Gasteiger partial charge in [0.1, 0.15) is 0 Å². The fraction of sp³-hybridized carbons (Fsp3) is 0.400. The van der Waals surface area contributed by atoms with E-state index >= 15 is 0 Å². The van der Waals surface area contributed by atoms with Gasteiger partial charge in [-0.2, -0.15) is 0 Å². The number of rotatable bonds is 4. The van der Waals surface area contributed by atoms with Gasteiger partial charge in [-0.15, -0.1) is 0 Å². The van der Waals surface area contributed by atoms with Gasteiger partial charge in [0.25, 0.3) is 0 Å². The molecular weight excluding hydrogens is 328 g/mol. The lowest BCUT2D eigenvalue weighted by molar-refractivity contribution is 0.0716. The molecule has 2 aromatic rings. The highest BCUT2D eigenvalue weighted by molar-refractivity contribution is 6.70. The van der Waals surface area contributed by atoms with Gasteiger partial charge in [-0.05, 0) is 73.3 Å². The van der Waals surface area contributed by atoms with Crippen LogP contribution in [0, 0.1) is 0 Å². The second-order valence-electron chi connectivity index (χ2n) is 8.53. The van der Waals surface area contributed by atoms with E-state index in [1.807, 2.05) is 0 Å². The molecule has 0 aromatic heterocycles. The maximum Gasteiger partial charge on any atom is 0.184 e. The Morgan fingerprint density at radius 3 is 1.96 bits per heavy atom. The summed E-state index contributed by atoms with van der Waals surface area (Å²) in [4.78, 5) is 0. The Bertz CT molecular complexity index is 769. The summed E-state index contributed by atoms with van der Waals surface area (Å²) in [6.07, 6.45) is 4.40. The van der Waals surface area contributed by atoms with Gasteiger partial charge >= 0.3 is 0 Å². The van der Waals surface area contributed by atoms with Crippen molar-refractivity contribution in [1.29, 1.82) is 0 Å². The summed E-state index contributed by atoms with van der Waals surface area (Å²) in [6.45, 7) is 13.5. The Hall–Kier alpha value is -1.21. The molecule has 1 aliphatic carbocycles. The topological polar surface area (TPSA) is 18.5 Å². The van der Waals surface area contributed by atoms with Gasteiger partial charge in [0.2, 0.25) is 0 Å². The van der Waals surface area contributed by atoms with Crippen LogP contribution < -0.4 is 0 Å². The number of hydrogen-bond donors (Lipinski definition) is 0. The van der Waals surface area contributed by atoms with Gasteiger partial charge < -0.3 is 8.85 Å². The molecule has 0 unspecified atom stereocenters. The Kier molecular flexibility index (Phi) is 4.59. The summed E-state index contributed by atoms with van der Waals surface area (Å²) in [5.41, 5.74) is 2.52. The fourth-order valence-electron chi connectivity index (χ4n) is 3.16. The molecule has 0 amide bonds. The standard InChI is InChI=1S/C20H28O2Si2/c1-23(2,3)21-19-12-11-17-13-15-9-7-8-10-16(15)14-18(17)20(19)22-24(4,5)6/h7-14,19-20H,1-6H3/t19-,20-/m1/s1. The average molecular weight is 357 g/mol. The zero-order valence-corrected chi connectivity index (χ0v) is 17.6. The van der Waals surface area contributed by atoms with E-state index in [-0.39, 0.29) is 12.2 Å². The summed E-state index contributed by atoms with van der Waals surface area (Å²) in [5, 5.41) is 2.54. The summed E-state index contributed by atoms with van der Waals surface area (Å²) in [6, 6.07) is 13.1. The summed E-state index contributed by atoms with van der Waals surface area (Å²) < 4.78 is 13.1. The summed E-state index contributed by atoms with van der Waals surface area (Å²) in [5.74, 6) is 0. The first-order chi connectivity index (χ1) is 11.1. The normalized spacial score (nSPS) is 21.1. The largest absolute Gasteiger partial charge is 0.408 e. The highest BCUT2D eigenvalue weighted by atomic mass is 28.4. The maximum absolute atomic E-state index is 6.60. The van der Waals surface area contributed by atoms with Crippen LogP contribution in [0.4, 0.5) is 0 Å². The molecule has 0 aliphatic heterocycles. The molecule has 2 aromatic carbocycles. The van der Waals surface area contributed by atoms with Crippen molar-refractivity contribution < 1.29 is 8.85 Å². The smallest absolute Gasteiger partial charge is 0.184 e. The van der Waals surface area contributed by atoms with Crippen molar-refractivity contribution in [2.24, 2.45) is 0 Å². The Morgan fingerprint density at radius 2 is 1.38 bits per heavy atom. The first kappa shape index (κ1) is 17.6. The quantitative estimate of drug-likeness (QED) is 0.627. The van der Waals surface area contributed by atoms with Crippen LogP contribution >= 0.6 is 0 Å². The lowest BCUT2D eigenvalue weighted by Crippen LogP contribution is -2.40. The SMILES string of the molecule is C[Si](C)(C)O[C@@H]1c2cc3ccccc3cc2C=C[C@H]1O[Si](C)(C)C. The van der Waals surface area contributed by atoms with Gasteiger partial charge in [-0.3, -0.25) is 0 Å². The molecule has 2 nitrogen and oxygen atoms in total. The molecule has 0 spiro atoms. The zero-order valence-electron chi connectivity index (χ0n) is 15.6. The van der Waals surface area contributed by atoms with Crippen molar-refractivity contribution in [3.05, 3.63) is 53.6 Å². The van der Waals surface area contributed by atoms with Crippen LogP contribution in [0.3, 0.4) is 0 Å². The van der Waals surface area contributed by atoms with Crippen LogP contribution in [-0.2, 0) is 8.85 Å². The van der Waals surface area contributed by atoms with Crippen LogP contribution in [0.15, 0.2) is 42.5 Å². The second-order valence-corrected chi connectivity index (χ2v) is 17.5. The molecule has 24 heavy (non-hydrogen) atoms. The zero-order chi connectivity index (χ0) is 17.5. The minimum atomic E-state index is -1.70. The van der Waals surface area contributed by atoms with Crippen molar-refractivity contribution in [3.8, 4) is 0 Å². The second kappa shape index (κ2) is 6.26. The first-order valence-electron chi connectivity index (χ1n) is 8.69. The Labute approximate surface area is 147 Å². The van der Waals surface area contributed by atoms with Crippen LogP contribution in [0.5, 0.6) is 0 Å². The molecule has 0 bridgehead atoms. The van der Waals surface area contributed by atoms with E-state index in [0.29, 0.717) is 0 Å². The van der Waals surface area contributed by atoms with Crippen LogP contribution in [-0.4, -0.2) is 22.7 Å². The highest BCUT2D eigenvalue weighted by Crippen LogP contribution is 2.38. The molecule has 0 fully saturated rings. The van der Waals surface area contributed by atoms with E-state index in [2.05, 4.69) is 87.8 Å². The molecule has 0 heterocycles. The van der Waals surface area contributed by atoms with E-state index in [1.54, 1.807) is 0 Å². The molecular formula is C20H28O2Si2. The maximum atomic E-state index is 6.60. The van der Waals surface area contributed by atoms with E-state index in [0.717, 1.165) is 0 Å². The van der Waals surface area contributed by atoms with E-state index in [1.165, 1.54) is 21.9 Å². The molecule has 3 rings (SSSR count). The third-order valence-electron chi connectivity index (χ3n) is 3.99. The van der Waals surface area contributed by atoms with Crippen molar-refractivity contribution in [2.45, 2.75) is 51.5 Å². The number of hydrogen-bond acceptors (Lipinski definition) is 2. The molecule has 1 aliphatic rings. The van der Waals surface area contributed by atoms with Gasteiger partial charge in [0.15, 0.2) is 16.6 Å². The van der Waals surface area contributed by atoms with Gasteiger partial charge in [-0.1, -0.05) is 36.4 Å². The predicted octanol–water partition coefficient (Wildman–Crippen LogP) is 5.98. The Balaban J connectivity index is 2.08. The average Bonchev–Trinajstić information content (AvgIpc) is 2.45. The minimum absolute atomic E-state index is 0.00648.